The molecule has 0 aromatic heterocycles. The molecule has 2 heterocycles. The van der Waals surface area contributed by atoms with E-state index in [0.29, 0.717) is 0 Å². The van der Waals surface area contributed by atoms with Crippen LogP contribution in [0.2, 0.25) is 0 Å². The number of fused-ring (bicyclic) bond motifs is 1. The van der Waals surface area contributed by atoms with E-state index >= 15 is 0 Å². The fraction of sp³-hybridized carbons (Fsp3) is 0.571. The Morgan fingerprint density at radius 1 is 1.14 bits per heavy atom. The van der Waals surface area contributed by atoms with Gasteiger partial charge in [0.1, 0.15) is 18.3 Å². The zero-order valence-electron chi connectivity index (χ0n) is 11.8. The predicted octanol–water partition coefficient (Wildman–Crippen LogP) is 0.698. The first-order chi connectivity index (χ1) is 9.85. The van der Waals surface area contributed by atoms with Crippen LogP contribution in [-0.4, -0.2) is 49.7 Å². The fourth-order valence-corrected chi connectivity index (χ4v) is 4.44. The average molecular weight is 314 g/mol. The van der Waals surface area contributed by atoms with E-state index in [0.717, 1.165) is 0 Å². The van der Waals surface area contributed by atoms with Gasteiger partial charge in [-0.05, 0) is 26.0 Å². The molecule has 0 spiro atoms. The molecule has 0 saturated carbocycles. The molecule has 0 radical (unpaired) electrons. The van der Waals surface area contributed by atoms with Crippen LogP contribution in [0.1, 0.15) is 13.8 Å². The summed E-state index contributed by atoms with van der Waals surface area (Å²) >= 11 is 0. The maximum atomic E-state index is 12.7. The van der Waals surface area contributed by atoms with E-state index in [2.05, 4.69) is 0 Å². The van der Waals surface area contributed by atoms with Gasteiger partial charge in [0.2, 0.25) is 9.84 Å². The molecule has 2 aliphatic heterocycles. The van der Waals surface area contributed by atoms with Gasteiger partial charge in [0.25, 0.3) is 0 Å². The number of ether oxygens (including phenoxy) is 3. The SMILES string of the molecule is CC1(C)OC2C(O1)[C@@H](S(=O)(=O)c1ccccc1)O[C@@H]2CO. The molecule has 1 N–H and O–H groups in total. The Bertz CT molecular complexity index is 612. The topological polar surface area (TPSA) is 82.1 Å². The van der Waals surface area contributed by atoms with Crippen LogP contribution in [0.4, 0.5) is 0 Å². The van der Waals surface area contributed by atoms with Crippen LogP contribution < -0.4 is 0 Å². The van der Waals surface area contributed by atoms with Gasteiger partial charge in [0.05, 0.1) is 11.5 Å². The van der Waals surface area contributed by atoms with Gasteiger partial charge in [-0.1, -0.05) is 18.2 Å². The molecule has 1 aromatic carbocycles. The second kappa shape index (κ2) is 5.03. The molecular formula is C14H18O6S. The Morgan fingerprint density at radius 3 is 2.38 bits per heavy atom. The Labute approximate surface area is 123 Å². The van der Waals surface area contributed by atoms with E-state index in [1.165, 1.54) is 12.1 Å². The Balaban J connectivity index is 1.96. The number of sulfone groups is 1. The van der Waals surface area contributed by atoms with Crippen molar-refractivity contribution in [3.8, 4) is 0 Å². The monoisotopic (exact) mass is 314 g/mol. The molecule has 0 aliphatic carbocycles. The third-order valence-electron chi connectivity index (χ3n) is 3.66. The van der Waals surface area contributed by atoms with Crippen LogP contribution >= 0.6 is 0 Å². The van der Waals surface area contributed by atoms with Crippen LogP contribution in [0.15, 0.2) is 35.2 Å². The van der Waals surface area contributed by atoms with Crippen molar-refractivity contribution >= 4 is 9.84 Å². The molecule has 3 rings (SSSR count). The smallest absolute Gasteiger partial charge is 0.207 e. The van der Waals surface area contributed by atoms with E-state index in [1.807, 2.05) is 0 Å². The van der Waals surface area contributed by atoms with Crippen molar-refractivity contribution in [1.82, 2.24) is 0 Å². The van der Waals surface area contributed by atoms with Gasteiger partial charge in [0, 0.05) is 0 Å². The van der Waals surface area contributed by atoms with Crippen molar-refractivity contribution < 1.29 is 27.7 Å². The van der Waals surface area contributed by atoms with Crippen molar-refractivity contribution in [2.45, 2.75) is 48.3 Å². The quantitative estimate of drug-likeness (QED) is 0.884. The lowest BCUT2D eigenvalue weighted by molar-refractivity contribution is -0.181. The van der Waals surface area contributed by atoms with Crippen LogP contribution in [0.5, 0.6) is 0 Å². The average Bonchev–Trinajstić information content (AvgIpc) is 2.92. The number of hydrogen-bond donors (Lipinski definition) is 1. The molecular weight excluding hydrogens is 296 g/mol. The molecule has 2 aliphatic rings. The molecule has 1 aromatic rings. The summed E-state index contributed by atoms with van der Waals surface area (Å²) in [5.74, 6) is -0.892. The van der Waals surface area contributed by atoms with Crippen molar-refractivity contribution in [3.05, 3.63) is 30.3 Å². The number of benzene rings is 1. The molecule has 4 atom stereocenters. The lowest BCUT2D eigenvalue weighted by atomic mass is 10.2. The molecule has 6 nitrogen and oxygen atoms in total. The second-order valence-corrected chi connectivity index (χ2v) is 7.67. The number of aliphatic hydroxyl groups is 1. The third kappa shape index (κ3) is 2.49. The summed E-state index contributed by atoms with van der Waals surface area (Å²) in [6, 6.07) is 8.07. The van der Waals surface area contributed by atoms with Gasteiger partial charge in [0.15, 0.2) is 11.2 Å². The maximum absolute atomic E-state index is 12.7. The molecule has 0 bridgehead atoms. The lowest BCUT2D eigenvalue weighted by Crippen LogP contribution is -2.35. The Kier molecular flexibility index (Phi) is 3.58. The summed E-state index contributed by atoms with van der Waals surface area (Å²) < 4.78 is 42.3. The summed E-state index contributed by atoms with van der Waals surface area (Å²) in [5.41, 5.74) is -1.18. The molecule has 0 amide bonds. The van der Waals surface area contributed by atoms with E-state index in [4.69, 9.17) is 14.2 Å². The number of aliphatic hydroxyl groups excluding tert-OH is 1. The van der Waals surface area contributed by atoms with Crippen LogP contribution in [0.25, 0.3) is 0 Å². The molecule has 2 unspecified atom stereocenters. The summed E-state index contributed by atoms with van der Waals surface area (Å²) in [6.45, 7) is 3.11. The first-order valence-corrected chi connectivity index (χ1v) is 8.31. The van der Waals surface area contributed by atoms with E-state index in [9.17, 15) is 13.5 Å². The highest BCUT2D eigenvalue weighted by molar-refractivity contribution is 7.92. The molecule has 21 heavy (non-hydrogen) atoms. The predicted molar refractivity (Wildman–Crippen MR) is 73.2 cm³/mol. The molecule has 2 fully saturated rings. The lowest BCUT2D eigenvalue weighted by Gasteiger charge is -2.23. The highest BCUT2D eigenvalue weighted by atomic mass is 32.2. The van der Waals surface area contributed by atoms with Crippen molar-refractivity contribution in [2.24, 2.45) is 0 Å². The summed E-state index contributed by atoms with van der Waals surface area (Å²) in [4.78, 5) is 0.167. The third-order valence-corrected chi connectivity index (χ3v) is 5.58. The van der Waals surface area contributed by atoms with Gasteiger partial charge in [-0.3, -0.25) is 0 Å². The van der Waals surface area contributed by atoms with Crippen molar-refractivity contribution in [1.29, 1.82) is 0 Å². The van der Waals surface area contributed by atoms with Crippen LogP contribution in [0, 0.1) is 0 Å². The minimum absolute atomic E-state index is 0.167. The minimum atomic E-state index is -3.72. The fourth-order valence-electron chi connectivity index (χ4n) is 2.78. The minimum Gasteiger partial charge on any atom is -0.394 e. The summed E-state index contributed by atoms with van der Waals surface area (Å²) in [5, 5.41) is 9.38. The van der Waals surface area contributed by atoms with Gasteiger partial charge in [-0.25, -0.2) is 8.42 Å². The highest BCUT2D eigenvalue weighted by Gasteiger charge is 2.59. The van der Waals surface area contributed by atoms with Gasteiger partial charge < -0.3 is 19.3 Å². The van der Waals surface area contributed by atoms with Crippen molar-refractivity contribution in [3.63, 3.8) is 0 Å². The van der Waals surface area contributed by atoms with Crippen molar-refractivity contribution in [2.75, 3.05) is 6.61 Å². The standard InChI is InChI=1S/C14H18O6S/c1-14(2)19-11-10(8-15)18-13(12(11)20-14)21(16,17)9-6-4-3-5-7-9/h3-7,10-13,15H,8H2,1-2H3/t10-,11?,12?,13-/m1/s1. The van der Waals surface area contributed by atoms with Gasteiger partial charge in [-0.15, -0.1) is 0 Å². The zero-order chi connectivity index (χ0) is 15.3. The Morgan fingerprint density at radius 2 is 1.76 bits per heavy atom. The van der Waals surface area contributed by atoms with E-state index in [1.54, 1.807) is 32.0 Å². The van der Waals surface area contributed by atoms with E-state index < -0.39 is 39.4 Å². The Hall–Kier alpha value is -0.990. The molecule has 2 saturated heterocycles. The normalized spacial score (nSPS) is 34.8. The second-order valence-electron chi connectivity index (χ2n) is 5.65. The number of rotatable bonds is 3. The first-order valence-electron chi connectivity index (χ1n) is 6.76. The number of hydrogen-bond acceptors (Lipinski definition) is 6. The zero-order valence-corrected chi connectivity index (χ0v) is 12.6. The van der Waals surface area contributed by atoms with Gasteiger partial charge in [-0.2, -0.15) is 0 Å². The molecule has 7 heteroatoms. The summed E-state index contributed by atoms with van der Waals surface area (Å²) in [7, 11) is -3.72. The maximum Gasteiger partial charge on any atom is 0.207 e. The largest absolute Gasteiger partial charge is 0.394 e. The van der Waals surface area contributed by atoms with E-state index in [-0.39, 0.29) is 11.5 Å². The van der Waals surface area contributed by atoms with Gasteiger partial charge >= 0.3 is 0 Å². The highest BCUT2D eigenvalue weighted by Crippen LogP contribution is 2.41. The summed E-state index contributed by atoms with van der Waals surface area (Å²) in [6.07, 6.45) is -2.05. The van der Waals surface area contributed by atoms with Crippen LogP contribution in [0.3, 0.4) is 0 Å². The van der Waals surface area contributed by atoms with Crippen LogP contribution in [-0.2, 0) is 24.0 Å². The molecule has 116 valence electrons. The first kappa shape index (κ1) is 14.9.